The van der Waals surface area contributed by atoms with E-state index in [9.17, 15) is 58.2 Å². The number of Topliss-reactive ketones (excluding diaryl/α,β-unsaturated/α-hetero) is 1. The van der Waals surface area contributed by atoms with E-state index in [0.717, 1.165) is 63.5 Å². The molecular formula is C66H118N12O17. The zero-order valence-electron chi connectivity index (χ0n) is 57.0. The number of amides is 6. The number of nitrogens with two attached hydrogens (primary N) is 2. The van der Waals surface area contributed by atoms with Gasteiger partial charge in [-0.2, -0.15) is 0 Å². The number of ether oxygens (including phenoxy) is 4. The third-order valence-electron chi connectivity index (χ3n) is 15.9. The van der Waals surface area contributed by atoms with Crippen molar-refractivity contribution in [3.8, 4) is 0 Å². The Morgan fingerprint density at radius 1 is 0.568 bits per heavy atom. The number of guanidine groups is 1. The molecule has 0 aliphatic heterocycles. The number of hydrogen-bond acceptors (Lipinski definition) is 17. The zero-order valence-corrected chi connectivity index (χ0v) is 57.0. The van der Waals surface area contributed by atoms with Gasteiger partial charge in [0.15, 0.2) is 5.96 Å². The lowest BCUT2D eigenvalue weighted by molar-refractivity contribution is -0.143. The number of carboxylic acids is 3. The summed E-state index contributed by atoms with van der Waals surface area (Å²) in [4.78, 5) is 130. The van der Waals surface area contributed by atoms with E-state index in [4.69, 9.17) is 35.5 Å². The molecule has 1 saturated carbocycles. The van der Waals surface area contributed by atoms with E-state index in [0.29, 0.717) is 103 Å². The molecule has 0 saturated heterocycles. The fraction of sp³-hybridized carbons (Fsp3) is 0.788. The number of aromatic amines is 1. The minimum atomic E-state index is -1.18. The molecule has 1 heterocycles. The number of carboxylic acid groups (broad SMARTS) is 3. The summed E-state index contributed by atoms with van der Waals surface area (Å²) in [5, 5.41) is 46.8. The van der Waals surface area contributed by atoms with E-state index in [1.54, 1.807) is 12.5 Å². The van der Waals surface area contributed by atoms with Crippen LogP contribution in [0.1, 0.15) is 212 Å². The Bertz CT molecular complexity index is 2290. The number of unbranched alkanes of at least 4 members (excludes halogenated alkanes) is 16. The molecule has 1 aromatic heterocycles. The van der Waals surface area contributed by atoms with Crippen molar-refractivity contribution in [3.05, 3.63) is 18.2 Å². The maximum atomic E-state index is 12.8. The van der Waals surface area contributed by atoms with E-state index < -0.39 is 41.9 Å². The molecule has 0 radical (unpaired) electrons. The van der Waals surface area contributed by atoms with Crippen molar-refractivity contribution < 1.29 is 82.2 Å². The van der Waals surface area contributed by atoms with Gasteiger partial charge in [-0.05, 0) is 95.8 Å². The molecule has 1 aromatic rings. The Kier molecular flexibility index (Phi) is 53.1. The molecule has 1 fully saturated rings. The van der Waals surface area contributed by atoms with E-state index in [1.807, 2.05) is 6.92 Å². The minimum Gasteiger partial charge on any atom is -0.481 e. The largest absolute Gasteiger partial charge is 0.481 e. The van der Waals surface area contributed by atoms with E-state index in [2.05, 4.69) is 52.2 Å². The first-order valence-electron chi connectivity index (χ1n) is 34.7. The topological polar surface area (TPSA) is 446 Å². The normalized spacial score (nSPS) is 14.4. The SMILES string of the molecule is CCCOCCOCC(=O)N[C@@H](CCCCNC(=O)[C@H](CCCN=C(N)N)NCC(=O)CCc1cnc[nH]1)C(=O)O.CNC(=O)COCCOCCNC(=O)CCC(NC(=O)C1CCC(CNC(=O)CCCCCCCCCCCCCCCCCCC(=O)O)CC1)C(=O)O. The van der Waals surface area contributed by atoms with Gasteiger partial charge in [0.1, 0.15) is 31.1 Å². The highest BCUT2D eigenvalue weighted by molar-refractivity contribution is 5.87. The number of nitrogens with zero attached hydrogens (tertiary/aromatic N) is 2. The number of aromatic nitrogens is 2. The Balaban J connectivity index is 0.000000986. The molecular weight excluding hydrogens is 1230 g/mol. The minimum absolute atomic E-state index is 0.0220. The maximum Gasteiger partial charge on any atom is 0.326 e. The number of aliphatic carboxylic acids is 3. The van der Waals surface area contributed by atoms with Gasteiger partial charge in [0.25, 0.3) is 0 Å². The van der Waals surface area contributed by atoms with Crippen LogP contribution < -0.4 is 48.7 Å². The summed E-state index contributed by atoms with van der Waals surface area (Å²) >= 11 is 0. The van der Waals surface area contributed by atoms with Crippen LogP contribution in [0.25, 0.3) is 0 Å². The lowest BCUT2D eigenvalue weighted by Crippen LogP contribution is -2.46. The number of likely N-dealkylation sites (N-methyl/N-ethyl adjacent to an activating group) is 1. The van der Waals surface area contributed by atoms with E-state index in [1.165, 1.54) is 71.3 Å². The van der Waals surface area contributed by atoms with Crippen molar-refractivity contribution in [2.45, 2.75) is 231 Å². The first-order chi connectivity index (χ1) is 45.8. The number of aryl methyl sites for hydroxylation is 1. The van der Waals surface area contributed by atoms with Crippen LogP contribution in [0.5, 0.6) is 0 Å². The predicted molar refractivity (Wildman–Crippen MR) is 359 cm³/mol. The van der Waals surface area contributed by atoms with Crippen LogP contribution in [0.15, 0.2) is 17.5 Å². The van der Waals surface area contributed by atoms with Crippen LogP contribution >= 0.6 is 0 Å². The summed E-state index contributed by atoms with van der Waals surface area (Å²) in [6.07, 6.45) is 29.5. The number of carbonyl (C=O) groups excluding carboxylic acids is 7. The second-order valence-corrected chi connectivity index (χ2v) is 24.1. The van der Waals surface area contributed by atoms with Crippen LogP contribution in [0.3, 0.4) is 0 Å². The van der Waals surface area contributed by atoms with Gasteiger partial charge in [-0.25, -0.2) is 14.6 Å². The average Bonchev–Trinajstić information content (AvgIpc) is 1.60. The van der Waals surface area contributed by atoms with Crippen molar-refractivity contribution in [3.63, 3.8) is 0 Å². The van der Waals surface area contributed by atoms with Crippen molar-refractivity contribution in [1.82, 2.24) is 47.2 Å². The number of ketones is 1. The fourth-order valence-electron chi connectivity index (χ4n) is 10.3. The van der Waals surface area contributed by atoms with Crippen molar-refractivity contribution in [2.24, 2.45) is 28.3 Å². The van der Waals surface area contributed by atoms with Crippen molar-refractivity contribution in [2.75, 3.05) is 92.6 Å². The molecule has 6 amide bonds. The number of rotatable bonds is 60. The molecule has 29 heteroatoms. The third kappa shape index (κ3) is 51.2. The summed E-state index contributed by atoms with van der Waals surface area (Å²) in [6, 6.07) is -2.84. The van der Waals surface area contributed by atoms with E-state index >= 15 is 0 Å². The zero-order chi connectivity index (χ0) is 69.9. The molecule has 15 N–H and O–H groups in total. The summed E-state index contributed by atoms with van der Waals surface area (Å²) in [7, 11) is 1.52. The Morgan fingerprint density at radius 2 is 1.12 bits per heavy atom. The number of nitrogens with one attached hydrogen (secondary N) is 8. The van der Waals surface area contributed by atoms with Gasteiger partial charge in [-0.15, -0.1) is 0 Å². The number of imidazole rings is 1. The molecule has 3 atom stereocenters. The fourth-order valence-corrected chi connectivity index (χ4v) is 10.3. The van der Waals surface area contributed by atoms with Crippen LogP contribution in [-0.2, 0) is 73.3 Å². The molecule has 29 nitrogen and oxygen atoms in total. The second kappa shape index (κ2) is 58.5. The van der Waals surface area contributed by atoms with Crippen molar-refractivity contribution >= 4 is 65.1 Å². The second-order valence-electron chi connectivity index (χ2n) is 24.1. The average molecular weight is 1350 g/mol. The molecule has 0 bridgehead atoms. The van der Waals surface area contributed by atoms with Gasteiger partial charge in [0, 0.05) is 83.3 Å². The monoisotopic (exact) mass is 1350 g/mol. The molecule has 95 heavy (non-hydrogen) atoms. The first-order valence-corrected chi connectivity index (χ1v) is 34.7. The van der Waals surface area contributed by atoms with Gasteiger partial charge < -0.3 is 82.6 Å². The van der Waals surface area contributed by atoms with Crippen LogP contribution in [-0.4, -0.2) is 201 Å². The predicted octanol–water partition coefficient (Wildman–Crippen LogP) is 4.48. The Hall–Kier alpha value is -6.82. The van der Waals surface area contributed by atoms with Crippen LogP contribution in [0, 0.1) is 11.8 Å². The molecule has 2 rings (SSSR count). The smallest absolute Gasteiger partial charge is 0.326 e. The van der Waals surface area contributed by atoms with Crippen molar-refractivity contribution in [1.29, 1.82) is 0 Å². The number of carbonyl (C=O) groups is 10. The molecule has 544 valence electrons. The number of H-pyrrole nitrogens is 1. The highest BCUT2D eigenvalue weighted by Crippen LogP contribution is 2.29. The van der Waals surface area contributed by atoms with Gasteiger partial charge in [0.05, 0.1) is 51.9 Å². The molecule has 0 aromatic carbocycles. The summed E-state index contributed by atoms with van der Waals surface area (Å²) in [5.74, 6) is -4.65. The standard InChI is InChI=1S/C40H72N4O10.C26H46N8O7/c1-41-37(47)31-54-29-28-53-27-26-42-36(46)25-24-34(40(51)52)44-39(50)33-22-20-32(21-23-33)30-43-35(45)18-16-14-12-10-8-6-4-2-3-5-7-9-11-13-15-17-19-38(48)49;1-2-12-40-13-14-41-17-23(36)34-22(25(38)39)6-3-4-10-30-24(37)21(7-5-11-31-26(27)28)32-16-20(35)9-8-19-15-29-18-33-19/h32-34H,2-31H2,1H3,(H,41,47)(H,42,46)(H,43,45)(H,44,50)(H,48,49)(H,51,52);15,18,21-22,32H,2-14,16-17H2,1H3,(H,29,33)(H,30,37)(H,34,36)(H,38,39)(H4,27,28,31)/t;21-,22-/m.0/s1. The van der Waals surface area contributed by atoms with Gasteiger partial charge >= 0.3 is 17.9 Å². The summed E-state index contributed by atoms with van der Waals surface area (Å²) in [5.41, 5.74) is 11.6. The highest BCUT2D eigenvalue weighted by atomic mass is 16.5. The molecule has 0 spiro atoms. The Morgan fingerprint density at radius 3 is 1.67 bits per heavy atom. The number of aliphatic imine (C=N–C) groups is 1. The quantitative estimate of drug-likeness (QED) is 0.0243. The molecule has 1 aliphatic carbocycles. The first kappa shape index (κ1) is 86.2. The molecule has 1 aliphatic rings. The number of hydrogen-bond donors (Lipinski definition) is 13. The molecule has 1 unspecified atom stereocenters. The summed E-state index contributed by atoms with van der Waals surface area (Å²) in [6.45, 7) is 5.19. The van der Waals surface area contributed by atoms with Gasteiger partial charge in [-0.3, -0.25) is 48.7 Å². The van der Waals surface area contributed by atoms with Crippen LogP contribution in [0.2, 0.25) is 0 Å². The van der Waals surface area contributed by atoms with Gasteiger partial charge in [-0.1, -0.05) is 96.8 Å². The lowest BCUT2D eigenvalue weighted by atomic mass is 9.81. The summed E-state index contributed by atoms with van der Waals surface area (Å²) < 4.78 is 20.9. The maximum absolute atomic E-state index is 12.8. The Labute approximate surface area is 562 Å². The lowest BCUT2D eigenvalue weighted by Gasteiger charge is -2.28. The van der Waals surface area contributed by atoms with Gasteiger partial charge in [0.2, 0.25) is 35.4 Å². The van der Waals surface area contributed by atoms with E-state index in [-0.39, 0.29) is 119 Å². The third-order valence-corrected chi connectivity index (χ3v) is 15.9. The highest BCUT2D eigenvalue weighted by Gasteiger charge is 2.30. The van der Waals surface area contributed by atoms with Crippen LogP contribution in [0.4, 0.5) is 0 Å².